The summed E-state index contributed by atoms with van der Waals surface area (Å²) < 4.78 is 5.72. The average molecular weight is 266 g/mol. The number of rotatable bonds is 5. The fourth-order valence-electron chi connectivity index (χ4n) is 2.37. The number of para-hydroxylation sites is 1. The van der Waals surface area contributed by atoms with Gasteiger partial charge in [0.15, 0.2) is 0 Å². The molecule has 0 aliphatic heterocycles. The van der Waals surface area contributed by atoms with Gasteiger partial charge in [-0.25, -0.2) is 0 Å². The molecule has 0 fully saturated rings. The molecule has 0 spiro atoms. The van der Waals surface area contributed by atoms with E-state index in [-0.39, 0.29) is 6.04 Å². The van der Waals surface area contributed by atoms with Crippen molar-refractivity contribution < 1.29 is 4.74 Å². The maximum absolute atomic E-state index is 6.22. The van der Waals surface area contributed by atoms with Crippen LogP contribution in [0.2, 0.25) is 0 Å². The Morgan fingerprint density at radius 2 is 1.75 bits per heavy atom. The predicted octanol–water partition coefficient (Wildman–Crippen LogP) is 3.38. The van der Waals surface area contributed by atoms with Crippen LogP contribution in [0.4, 0.5) is 0 Å². The molecule has 0 bridgehead atoms. The summed E-state index contributed by atoms with van der Waals surface area (Å²) in [7, 11) is 0. The van der Waals surface area contributed by atoms with Crippen LogP contribution in [-0.2, 0) is 11.3 Å². The van der Waals surface area contributed by atoms with Crippen molar-refractivity contribution in [3.63, 3.8) is 0 Å². The standard InChI is InChI=1S/C17H18N2O/c18-16(12-20-11-13-6-2-1-3-7-13)15-10-19-17-9-5-4-8-14(15)17/h1-10,16,19H,11-12,18H2. The van der Waals surface area contributed by atoms with Crippen LogP contribution < -0.4 is 5.73 Å². The largest absolute Gasteiger partial charge is 0.375 e. The van der Waals surface area contributed by atoms with Gasteiger partial charge in [-0.3, -0.25) is 0 Å². The van der Waals surface area contributed by atoms with Crippen molar-refractivity contribution >= 4 is 10.9 Å². The van der Waals surface area contributed by atoms with Crippen molar-refractivity contribution in [1.82, 2.24) is 4.98 Å². The van der Waals surface area contributed by atoms with Gasteiger partial charge in [-0.2, -0.15) is 0 Å². The van der Waals surface area contributed by atoms with Gasteiger partial charge in [0.05, 0.1) is 19.3 Å². The van der Waals surface area contributed by atoms with Crippen molar-refractivity contribution in [3.05, 3.63) is 71.9 Å². The Morgan fingerprint density at radius 3 is 2.60 bits per heavy atom. The number of aromatic nitrogens is 1. The van der Waals surface area contributed by atoms with E-state index >= 15 is 0 Å². The lowest BCUT2D eigenvalue weighted by Gasteiger charge is -2.11. The van der Waals surface area contributed by atoms with Crippen molar-refractivity contribution in [2.75, 3.05) is 6.61 Å². The van der Waals surface area contributed by atoms with Crippen LogP contribution in [0, 0.1) is 0 Å². The fraction of sp³-hybridized carbons (Fsp3) is 0.176. The minimum Gasteiger partial charge on any atom is -0.375 e. The van der Waals surface area contributed by atoms with E-state index in [0.29, 0.717) is 13.2 Å². The van der Waals surface area contributed by atoms with Crippen molar-refractivity contribution in [2.45, 2.75) is 12.6 Å². The second-order valence-corrected chi connectivity index (χ2v) is 4.90. The second kappa shape index (κ2) is 5.90. The number of nitrogens with one attached hydrogen (secondary N) is 1. The molecule has 3 N–H and O–H groups in total. The zero-order valence-corrected chi connectivity index (χ0v) is 11.3. The Labute approximate surface area is 118 Å². The summed E-state index contributed by atoms with van der Waals surface area (Å²) in [5.74, 6) is 0. The number of hydrogen-bond acceptors (Lipinski definition) is 2. The minimum absolute atomic E-state index is 0.116. The molecule has 0 saturated carbocycles. The highest BCUT2D eigenvalue weighted by Gasteiger charge is 2.11. The van der Waals surface area contributed by atoms with Crippen LogP contribution in [-0.4, -0.2) is 11.6 Å². The molecule has 3 rings (SSSR count). The third-order valence-electron chi connectivity index (χ3n) is 3.43. The first-order valence-electron chi connectivity index (χ1n) is 6.78. The smallest absolute Gasteiger partial charge is 0.0717 e. The van der Waals surface area contributed by atoms with Gasteiger partial charge in [0, 0.05) is 17.1 Å². The van der Waals surface area contributed by atoms with Crippen LogP contribution >= 0.6 is 0 Å². The number of H-pyrrole nitrogens is 1. The molecular weight excluding hydrogens is 248 g/mol. The highest BCUT2D eigenvalue weighted by molar-refractivity contribution is 5.83. The number of benzene rings is 2. The molecule has 1 atom stereocenters. The number of aromatic amines is 1. The van der Waals surface area contributed by atoms with Gasteiger partial charge in [-0.1, -0.05) is 48.5 Å². The van der Waals surface area contributed by atoms with Crippen molar-refractivity contribution in [1.29, 1.82) is 0 Å². The highest BCUT2D eigenvalue weighted by Crippen LogP contribution is 2.22. The zero-order valence-electron chi connectivity index (χ0n) is 11.3. The molecule has 1 unspecified atom stereocenters. The highest BCUT2D eigenvalue weighted by atomic mass is 16.5. The Balaban J connectivity index is 1.63. The summed E-state index contributed by atoms with van der Waals surface area (Å²) in [6, 6.07) is 18.2. The van der Waals surface area contributed by atoms with Crippen LogP contribution in [0.15, 0.2) is 60.8 Å². The first-order valence-corrected chi connectivity index (χ1v) is 6.78. The quantitative estimate of drug-likeness (QED) is 0.743. The normalized spacial score (nSPS) is 12.7. The lowest BCUT2D eigenvalue weighted by atomic mass is 10.1. The zero-order chi connectivity index (χ0) is 13.8. The Hall–Kier alpha value is -2.10. The van der Waals surface area contributed by atoms with E-state index in [1.807, 2.05) is 36.5 Å². The van der Waals surface area contributed by atoms with Crippen LogP contribution in [0.3, 0.4) is 0 Å². The van der Waals surface area contributed by atoms with Gasteiger partial charge in [0.2, 0.25) is 0 Å². The van der Waals surface area contributed by atoms with Crippen molar-refractivity contribution in [2.24, 2.45) is 5.73 Å². The van der Waals surface area contributed by atoms with E-state index in [9.17, 15) is 0 Å². The molecule has 0 aliphatic carbocycles. The Bertz CT molecular complexity index is 676. The topological polar surface area (TPSA) is 51.0 Å². The first kappa shape index (κ1) is 12.9. The van der Waals surface area contributed by atoms with E-state index in [1.165, 1.54) is 10.9 Å². The molecule has 2 aromatic carbocycles. The van der Waals surface area contributed by atoms with Crippen LogP contribution in [0.1, 0.15) is 17.2 Å². The third kappa shape index (κ3) is 2.74. The number of nitrogens with two attached hydrogens (primary N) is 1. The molecule has 20 heavy (non-hydrogen) atoms. The molecular formula is C17H18N2O. The van der Waals surface area contributed by atoms with Crippen LogP contribution in [0.5, 0.6) is 0 Å². The molecule has 0 amide bonds. The Morgan fingerprint density at radius 1 is 1.00 bits per heavy atom. The number of ether oxygens (including phenoxy) is 1. The van der Waals surface area contributed by atoms with E-state index in [2.05, 4.69) is 29.2 Å². The lowest BCUT2D eigenvalue weighted by molar-refractivity contribution is 0.108. The van der Waals surface area contributed by atoms with Gasteiger partial charge in [-0.05, 0) is 17.2 Å². The number of hydrogen-bond donors (Lipinski definition) is 2. The summed E-state index contributed by atoms with van der Waals surface area (Å²) >= 11 is 0. The van der Waals surface area contributed by atoms with E-state index in [1.54, 1.807) is 0 Å². The molecule has 1 heterocycles. The summed E-state index contributed by atoms with van der Waals surface area (Å²) in [6.07, 6.45) is 1.97. The van der Waals surface area contributed by atoms with Gasteiger partial charge in [0.1, 0.15) is 0 Å². The molecule has 3 nitrogen and oxygen atoms in total. The molecule has 3 aromatic rings. The van der Waals surface area contributed by atoms with Gasteiger partial charge >= 0.3 is 0 Å². The molecule has 3 heteroatoms. The summed E-state index contributed by atoms with van der Waals surface area (Å²) in [6.45, 7) is 1.10. The molecule has 0 radical (unpaired) electrons. The minimum atomic E-state index is -0.116. The fourth-order valence-corrected chi connectivity index (χ4v) is 2.37. The van der Waals surface area contributed by atoms with E-state index < -0.39 is 0 Å². The molecule has 0 aliphatic rings. The predicted molar refractivity (Wildman–Crippen MR) is 81.3 cm³/mol. The van der Waals surface area contributed by atoms with Crippen LogP contribution in [0.25, 0.3) is 10.9 Å². The monoisotopic (exact) mass is 266 g/mol. The SMILES string of the molecule is NC(COCc1ccccc1)c1c[nH]c2ccccc12. The van der Waals surface area contributed by atoms with E-state index in [0.717, 1.165) is 11.1 Å². The second-order valence-electron chi connectivity index (χ2n) is 4.90. The average Bonchev–Trinajstić information content (AvgIpc) is 2.92. The van der Waals surface area contributed by atoms with E-state index in [4.69, 9.17) is 10.5 Å². The lowest BCUT2D eigenvalue weighted by Crippen LogP contribution is -2.16. The summed E-state index contributed by atoms with van der Waals surface area (Å²) in [5.41, 5.74) is 9.61. The van der Waals surface area contributed by atoms with Crippen molar-refractivity contribution in [3.8, 4) is 0 Å². The summed E-state index contributed by atoms with van der Waals surface area (Å²) in [5, 5.41) is 1.17. The van der Waals surface area contributed by atoms with Gasteiger partial charge in [0.25, 0.3) is 0 Å². The maximum Gasteiger partial charge on any atom is 0.0717 e. The Kier molecular flexibility index (Phi) is 3.81. The molecule has 102 valence electrons. The van der Waals surface area contributed by atoms with Gasteiger partial charge in [-0.15, -0.1) is 0 Å². The molecule has 0 saturated heterocycles. The maximum atomic E-state index is 6.22. The first-order chi connectivity index (χ1) is 9.84. The number of fused-ring (bicyclic) bond motifs is 1. The summed E-state index contributed by atoms with van der Waals surface area (Å²) in [4.78, 5) is 3.24. The third-order valence-corrected chi connectivity index (χ3v) is 3.43. The van der Waals surface area contributed by atoms with Gasteiger partial charge < -0.3 is 15.5 Å². The molecule has 1 aromatic heterocycles.